The van der Waals surface area contributed by atoms with Gasteiger partial charge in [0.15, 0.2) is 11.0 Å². The van der Waals surface area contributed by atoms with E-state index in [1.54, 1.807) is 17.6 Å². The number of hydrogen-bond donors (Lipinski definition) is 2. The van der Waals surface area contributed by atoms with Gasteiger partial charge in [-0.25, -0.2) is 9.97 Å². The first-order valence-electron chi connectivity index (χ1n) is 15.3. The monoisotopic (exact) mass is 652 g/mol. The molecule has 11 heteroatoms. The molecule has 3 aromatic rings. The van der Waals surface area contributed by atoms with Crippen molar-refractivity contribution in [2.45, 2.75) is 77.2 Å². The largest absolute Gasteiger partial charge is 0.461 e. The molecule has 3 fully saturated rings. The third-order valence-corrected chi connectivity index (χ3v) is 13.5. The third kappa shape index (κ3) is 5.23. The van der Waals surface area contributed by atoms with Gasteiger partial charge in [-0.05, 0) is 65.8 Å². The normalized spacial score (nSPS) is 35.3. The van der Waals surface area contributed by atoms with Crippen LogP contribution in [-0.2, 0) is 14.3 Å². The average Bonchev–Trinajstić information content (AvgIpc) is 3.78. The minimum absolute atomic E-state index is 0.0171. The molecule has 0 amide bonds. The summed E-state index contributed by atoms with van der Waals surface area (Å²) in [7, 11) is 0. The van der Waals surface area contributed by atoms with Gasteiger partial charge in [-0.3, -0.25) is 15.0 Å². The van der Waals surface area contributed by atoms with Crippen molar-refractivity contribution in [2.75, 3.05) is 11.2 Å². The summed E-state index contributed by atoms with van der Waals surface area (Å²) in [6, 6.07) is 5.90. The summed E-state index contributed by atoms with van der Waals surface area (Å²) in [5.41, 5.74) is 1.52. The lowest BCUT2D eigenvalue weighted by Gasteiger charge is -2.61. The Morgan fingerprint density at radius 2 is 2.07 bits per heavy atom. The van der Waals surface area contributed by atoms with Crippen molar-refractivity contribution in [1.29, 1.82) is 0 Å². The second-order valence-electron chi connectivity index (χ2n) is 13.2. The number of rotatable bonds is 8. The summed E-state index contributed by atoms with van der Waals surface area (Å²) >= 11 is 4.31. The van der Waals surface area contributed by atoms with Crippen molar-refractivity contribution in [3.8, 4) is 0 Å². The van der Waals surface area contributed by atoms with Gasteiger partial charge < -0.3 is 9.84 Å². The molecule has 3 aromatic heterocycles. The zero-order chi connectivity index (χ0) is 31.3. The van der Waals surface area contributed by atoms with Gasteiger partial charge in [-0.15, -0.1) is 29.3 Å². The number of hydrogen-bond acceptors (Lipinski definition) is 11. The summed E-state index contributed by atoms with van der Waals surface area (Å²) in [4.78, 5) is 38.4. The van der Waals surface area contributed by atoms with Crippen LogP contribution in [0.1, 0.15) is 64.7 Å². The molecule has 0 spiro atoms. The molecule has 0 aliphatic heterocycles. The van der Waals surface area contributed by atoms with Gasteiger partial charge in [0.2, 0.25) is 0 Å². The van der Waals surface area contributed by atoms with Crippen LogP contribution >= 0.6 is 34.4 Å². The number of carbonyl (C=O) groups excluding carboxylic acids is 2. The fourth-order valence-corrected chi connectivity index (χ4v) is 10.4. The molecule has 3 aliphatic carbocycles. The van der Waals surface area contributed by atoms with Gasteiger partial charge in [-0.2, -0.15) is 5.10 Å². The lowest BCUT2D eigenvalue weighted by atomic mass is 9.44. The minimum atomic E-state index is -0.693. The average molecular weight is 653 g/mol. The van der Waals surface area contributed by atoms with Crippen LogP contribution in [0.5, 0.6) is 0 Å². The number of anilines is 1. The second kappa shape index (κ2) is 12.0. The van der Waals surface area contributed by atoms with Gasteiger partial charge in [0.25, 0.3) is 0 Å². The molecule has 234 valence electrons. The van der Waals surface area contributed by atoms with Crippen molar-refractivity contribution in [3.63, 3.8) is 0 Å². The van der Waals surface area contributed by atoms with E-state index in [1.165, 1.54) is 23.1 Å². The molecule has 3 saturated carbocycles. The van der Waals surface area contributed by atoms with Crippen LogP contribution in [0.2, 0.25) is 0 Å². The van der Waals surface area contributed by atoms with Gasteiger partial charge in [-0.1, -0.05) is 51.6 Å². The maximum absolute atomic E-state index is 13.6. The predicted octanol–water partition coefficient (Wildman–Crippen LogP) is 7.20. The Bertz CT molecular complexity index is 1590. The smallest absolute Gasteiger partial charge is 0.316 e. The van der Waals surface area contributed by atoms with Crippen LogP contribution in [0.4, 0.5) is 5.82 Å². The molecule has 2 bridgehead atoms. The molecule has 8 nitrogen and oxygen atoms in total. The molecule has 0 radical (unpaired) electrons. The van der Waals surface area contributed by atoms with Crippen LogP contribution in [0, 0.1) is 34.0 Å². The van der Waals surface area contributed by atoms with Gasteiger partial charge in [0.1, 0.15) is 16.7 Å². The molecule has 0 saturated heterocycles. The summed E-state index contributed by atoms with van der Waals surface area (Å²) < 4.78 is 6.39. The molecular formula is C33H40N4O4S3. The molecule has 6 rings (SSSR count). The summed E-state index contributed by atoms with van der Waals surface area (Å²) in [6.07, 6.45) is 5.86. The standard InChI is InChI=1S/C33H40N4O4S3/c1-6-31(4)16-24(32(5)19(2)9-12-33(20(3)27(31)40)13-10-23(38)26(32)33)41-25(39)18-44-30-35-28(22-11-15-43-29(22)36-30)37-34-17-21-8-7-14-42-21/h6-8,11,14-15,17,19-20,24,26-27,40H,1,9-10,12-13,16,18H2,2-5H3,(H,35,36,37)/b34-17+/t19-,20+,24-,26+,27+,31-,32+,33+/m1/s1. The molecule has 0 aromatic carbocycles. The molecule has 3 aliphatic rings. The Labute approximate surface area is 270 Å². The molecule has 8 atom stereocenters. The number of thiophene rings is 2. The highest BCUT2D eigenvalue weighted by molar-refractivity contribution is 7.99. The van der Waals surface area contributed by atoms with Crippen LogP contribution in [-0.4, -0.2) is 51.0 Å². The van der Waals surface area contributed by atoms with E-state index < -0.39 is 23.0 Å². The highest BCUT2D eigenvalue weighted by atomic mass is 32.2. The second-order valence-corrected chi connectivity index (χ2v) is 16.0. The Balaban J connectivity index is 1.24. The highest BCUT2D eigenvalue weighted by Gasteiger charge is 2.68. The number of ketones is 1. The van der Waals surface area contributed by atoms with E-state index in [4.69, 9.17) is 4.74 Å². The number of aromatic nitrogens is 2. The van der Waals surface area contributed by atoms with Crippen molar-refractivity contribution in [1.82, 2.24) is 9.97 Å². The third-order valence-electron chi connectivity index (χ3n) is 11.1. The zero-order valence-corrected chi connectivity index (χ0v) is 28.1. The van der Waals surface area contributed by atoms with Crippen LogP contribution in [0.3, 0.4) is 0 Å². The van der Waals surface area contributed by atoms with Crippen molar-refractivity contribution < 1.29 is 19.4 Å². The van der Waals surface area contributed by atoms with Crippen LogP contribution < -0.4 is 5.43 Å². The number of ether oxygens (including phenoxy) is 1. The van der Waals surface area contributed by atoms with E-state index in [1.807, 2.05) is 42.0 Å². The van der Waals surface area contributed by atoms with Gasteiger partial charge in [0, 0.05) is 28.0 Å². The number of aliphatic hydroxyl groups excluding tert-OH is 1. The Morgan fingerprint density at radius 3 is 2.82 bits per heavy atom. The highest BCUT2D eigenvalue weighted by Crippen LogP contribution is 2.68. The SMILES string of the molecule is C=C[C@]1(C)C[C@@H](OC(=O)CSc2nc(N/N=C/c3cccs3)c3ccsc3n2)[C@]2(C)[C@H](C)CC[C@]3(CCC(=O)[C@H]32)[C@@H](C)[C@@H]1O. The van der Waals surface area contributed by atoms with Crippen LogP contribution in [0.15, 0.2) is 51.9 Å². The molecule has 3 heterocycles. The number of nitrogens with zero attached hydrogens (tertiary/aromatic N) is 3. The van der Waals surface area contributed by atoms with Gasteiger partial charge >= 0.3 is 5.97 Å². The molecular weight excluding hydrogens is 613 g/mol. The Morgan fingerprint density at radius 1 is 1.25 bits per heavy atom. The zero-order valence-electron chi connectivity index (χ0n) is 25.6. The fraction of sp³-hybridized carbons (Fsp3) is 0.545. The number of Topliss-reactive ketones (excluding diaryl/α,β-unsaturated/α-hetero) is 1. The first-order chi connectivity index (χ1) is 21.0. The first-order valence-corrected chi connectivity index (χ1v) is 18.0. The topological polar surface area (TPSA) is 114 Å². The Kier molecular flexibility index (Phi) is 8.53. The van der Waals surface area contributed by atoms with E-state index in [9.17, 15) is 14.7 Å². The Hall–Kier alpha value is -2.60. The van der Waals surface area contributed by atoms with E-state index in [0.29, 0.717) is 23.8 Å². The van der Waals surface area contributed by atoms with E-state index in [0.717, 1.165) is 34.4 Å². The van der Waals surface area contributed by atoms with E-state index >= 15 is 0 Å². The molecule has 44 heavy (non-hydrogen) atoms. The lowest BCUT2D eigenvalue weighted by Crippen LogP contribution is -2.63. The van der Waals surface area contributed by atoms with Crippen molar-refractivity contribution >= 4 is 68.4 Å². The number of thioether (sulfide) groups is 1. The quantitative estimate of drug-likeness (QED) is 0.0656. The number of aliphatic hydroxyl groups is 1. The molecule has 0 unspecified atom stereocenters. The number of fused-ring (bicyclic) bond motifs is 1. The van der Waals surface area contributed by atoms with Crippen molar-refractivity contribution in [2.24, 2.45) is 39.1 Å². The van der Waals surface area contributed by atoms with Gasteiger partial charge in [0.05, 0.1) is 23.5 Å². The summed E-state index contributed by atoms with van der Waals surface area (Å²) in [5.74, 6) is 0.309. The number of esters is 1. The van der Waals surface area contributed by atoms with Crippen molar-refractivity contribution in [3.05, 3.63) is 46.5 Å². The lowest BCUT2D eigenvalue weighted by molar-refractivity contribution is -0.205. The first kappa shape index (κ1) is 31.4. The predicted molar refractivity (Wildman–Crippen MR) is 178 cm³/mol. The summed E-state index contributed by atoms with van der Waals surface area (Å²) in [6.45, 7) is 12.6. The van der Waals surface area contributed by atoms with Crippen LogP contribution in [0.25, 0.3) is 10.2 Å². The maximum Gasteiger partial charge on any atom is 0.316 e. The number of nitrogens with one attached hydrogen (secondary N) is 1. The minimum Gasteiger partial charge on any atom is -0.461 e. The number of hydrazone groups is 1. The number of carbonyl (C=O) groups is 2. The summed E-state index contributed by atoms with van der Waals surface area (Å²) in [5, 5.41) is 21.3. The van der Waals surface area contributed by atoms with E-state index in [2.05, 4.69) is 47.8 Å². The molecule has 2 N–H and O–H groups in total. The maximum atomic E-state index is 13.6. The fourth-order valence-electron chi connectivity index (χ4n) is 8.32. The van der Waals surface area contributed by atoms with E-state index in [-0.39, 0.29) is 40.7 Å².